The van der Waals surface area contributed by atoms with Gasteiger partial charge in [-0.15, -0.1) is 0 Å². The average Bonchev–Trinajstić information content (AvgIpc) is 3.09. The van der Waals surface area contributed by atoms with Crippen LogP contribution in [0.4, 0.5) is 0 Å². The van der Waals surface area contributed by atoms with Crippen LogP contribution in [-0.4, -0.2) is 40.5 Å². The Morgan fingerprint density at radius 1 is 0.839 bits per heavy atom. The van der Waals surface area contributed by atoms with E-state index in [9.17, 15) is 9.90 Å². The lowest BCUT2D eigenvalue weighted by atomic mass is 9.51. The van der Waals surface area contributed by atoms with E-state index in [1.165, 1.54) is 58.0 Å². The van der Waals surface area contributed by atoms with E-state index in [1.807, 2.05) is 0 Å². The largest absolute Gasteiger partial charge is 0.388 e. The van der Waals surface area contributed by atoms with Crippen molar-refractivity contribution >= 4 is 5.78 Å². The minimum atomic E-state index is -0.537. The van der Waals surface area contributed by atoms with Crippen molar-refractivity contribution in [2.24, 2.45) is 58.7 Å². The minimum Gasteiger partial charge on any atom is -0.388 e. The zero-order chi connectivity index (χ0) is 21.7. The van der Waals surface area contributed by atoms with Crippen molar-refractivity contribution < 1.29 is 9.90 Å². The van der Waals surface area contributed by atoms with E-state index in [-0.39, 0.29) is 5.41 Å². The predicted molar refractivity (Wildman–Crippen MR) is 123 cm³/mol. The van der Waals surface area contributed by atoms with Gasteiger partial charge in [0.2, 0.25) is 0 Å². The zero-order valence-corrected chi connectivity index (χ0v) is 20.4. The lowest BCUT2D eigenvalue weighted by molar-refractivity contribution is -0.175. The number of Topliss-reactive ketones (excluding diaryl/α,β-unsaturated/α-hetero) is 1. The highest BCUT2D eigenvalue weighted by atomic mass is 16.3. The maximum atomic E-state index is 13.4. The number of rotatable bonds is 0. The van der Waals surface area contributed by atoms with E-state index in [4.69, 9.17) is 0 Å². The molecule has 0 amide bonds. The van der Waals surface area contributed by atoms with Crippen LogP contribution in [0, 0.1) is 58.7 Å². The Morgan fingerprint density at radius 2 is 1.65 bits per heavy atom. The second-order valence-corrected chi connectivity index (χ2v) is 13.7. The van der Waals surface area contributed by atoms with Gasteiger partial charge in [0.25, 0.3) is 0 Å². The number of carbonyl (C=O) groups is 1. The molecule has 4 saturated carbocycles. The van der Waals surface area contributed by atoms with Gasteiger partial charge in [0.15, 0.2) is 0 Å². The molecule has 3 heteroatoms. The summed E-state index contributed by atoms with van der Waals surface area (Å²) in [6.45, 7) is 11.8. The first kappa shape index (κ1) is 21.1. The lowest BCUT2D eigenvalue weighted by Gasteiger charge is -2.59. The van der Waals surface area contributed by atoms with Gasteiger partial charge < -0.3 is 5.11 Å². The molecule has 6 aliphatic rings. The zero-order valence-electron chi connectivity index (χ0n) is 20.4. The van der Waals surface area contributed by atoms with Crippen LogP contribution in [0.25, 0.3) is 0 Å². The first-order chi connectivity index (χ1) is 14.7. The second kappa shape index (κ2) is 7.05. The Balaban J connectivity index is 1.31. The number of aliphatic hydroxyl groups is 1. The number of ketones is 1. The van der Waals surface area contributed by atoms with Crippen molar-refractivity contribution in [1.29, 1.82) is 0 Å². The predicted octanol–water partition coefficient (Wildman–Crippen LogP) is 5.16. The van der Waals surface area contributed by atoms with E-state index in [0.717, 1.165) is 42.4 Å². The van der Waals surface area contributed by atoms with Crippen molar-refractivity contribution in [3.63, 3.8) is 0 Å². The summed E-state index contributed by atoms with van der Waals surface area (Å²) in [7, 11) is 0. The SMILES string of the molecule is CC1CC[C@@]2(C)[C@H](C1)C(=O)C[C@H]1[C@@H]3CC[C@@H]4[C@@H](CN5CC(C)CC[C@H]5[C@@]4(C)O)[C@@H]3C[C@@H]12. The molecule has 0 radical (unpaired) electrons. The van der Waals surface area contributed by atoms with E-state index in [1.54, 1.807) is 0 Å². The fraction of sp³-hybridized carbons (Fsp3) is 0.964. The maximum absolute atomic E-state index is 13.4. The molecule has 4 aliphatic carbocycles. The highest BCUT2D eigenvalue weighted by Crippen LogP contribution is 2.67. The maximum Gasteiger partial charge on any atom is 0.136 e. The van der Waals surface area contributed by atoms with Gasteiger partial charge in [-0.2, -0.15) is 0 Å². The number of hydrogen-bond donors (Lipinski definition) is 1. The van der Waals surface area contributed by atoms with Crippen LogP contribution in [0.15, 0.2) is 0 Å². The summed E-state index contributed by atoms with van der Waals surface area (Å²) in [5.41, 5.74) is -0.289. The first-order valence-electron chi connectivity index (χ1n) is 13.7. The Morgan fingerprint density at radius 3 is 2.45 bits per heavy atom. The van der Waals surface area contributed by atoms with E-state index in [2.05, 4.69) is 32.6 Å². The fourth-order valence-electron chi connectivity index (χ4n) is 10.6. The molecule has 2 aliphatic heterocycles. The molecule has 6 fully saturated rings. The van der Waals surface area contributed by atoms with Gasteiger partial charge >= 0.3 is 0 Å². The third-order valence-corrected chi connectivity index (χ3v) is 12.1. The number of hydrogen-bond acceptors (Lipinski definition) is 3. The molecule has 1 N–H and O–H groups in total. The number of nitrogens with zero attached hydrogens (tertiary/aromatic N) is 1. The Bertz CT molecular complexity index is 747. The number of fused-ring (bicyclic) bond motifs is 8. The Hall–Kier alpha value is -0.410. The highest BCUT2D eigenvalue weighted by molar-refractivity contribution is 5.83. The van der Waals surface area contributed by atoms with Crippen molar-refractivity contribution in [2.45, 2.75) is 97.1 Å². The van der Waals surface area contributed by atoms with E-state index in [0.29, 0.717) is 35.5 Å². The molecule has 3 nitrogen and oxygen atoms in total. The molecule has 2 unspecified atom stereocenters. The molecule has 174 valence electrons. The molecule has 0 spiro atoms. The van der Waals surface area contributed by atoms with Crippen LogP contribution < -0.4 is 0 Å². The number of piperidine rings is 2. The summed E-state index contributed by atoms with van der Waals surface area (Å²) >= 11 is 0. The van der Waals surface area contributed by atoms with Crippen LogP contribution in [0.3, 0.4) is 0 Å². The quantitative estimate of drug-likeness (QED) is 0.580. The molecule has 0 bridgehead atoms. The van der Waals surface area contributed by atoms with Gasteiger partial charge in [-0.05, 0) is 105 Å². The van der Waals surface area contributed by atoms with Gasteiger partial charge in [0, 0.05) is 31.5 Å². The van der Waals surface area contributed by atoms with Crippen LogP contribution >= 0.6 is 0 Å². The molecule has 0 aromatic heterocycles. The molecular formula is C28H45NO2. The van der Waals surface area contributed by atoms with Gasteiger partial charge in [-0.25, -0.2) is 0 Å². The average molecular weight is 428 g/mol. The third-order valence-electron chi connectivity index (χ3n) is 12.1. The summed E-state index contributed by atoms with van der Waals surface area (Å²) in [6.07, 6.45) is 10.8. The van der Waals surface area contributed by atoms with Crippen molar-refractivity contribution in [3.8, 4) is 0 Å². The minimum absolute atomic E-state index is 0.249. The normalized spacial score (nSPS) is 59.2. The van der Waals surface area contributed by atoms with Gasteiger partial charge in [-0.3, -0.25) is 9.69 Å². The standard InChI is InChI=1S/C28H45NO2/c1-16-9-10-27(3)23-12-19-18(20(23)13-25(30)24(27)11-16)6-7-22-21(19)15-29-14-17(2)5-8-26(29)28(22,4)31/h16-24,26,31H,5-15H2,1-4H3/t16?,17?,18-,19-,20+,21+,22-,23+,24-,26+,27-,28+/m1/s1. The lowest BCUT2D eigenvalue weighted by Crippen LogP contribution is -2.67. The molecule has 31 heavy (non-hydrogen) atoms. The summed E-state index contributed by atoms with van der Waals surface area (Å²) in [4.78, 5) is 16.1. The monoisotopic (exact) mass is 427 g/mol. The van der Waals surface area contributed by atoms with Crippen LogP contribution in [0.5, 0.6) is 0 Å². The van der Waals surface area contributed by atoms with Crippen LogP contribution in [0.2, 0.25) is 0 Å². The summed E-state index contributed by atoms with van der Waals surface area (Å²) in [6, 6.07) is 0.369. The van der Waals surface area contributed by atoms with Crippen molar-refractivity contribution in [1.82, 2.24) is 4.90 Å². The van der Waals surface area contributed by atoms with E-state index < -0.39 is 5.60 Å². The molecular weight excluding hydrogens is 382 g/mol. The van der Waals surface area contributed by atoms with Gasteiger partial charge in [0.05, 0.1) is 5.60 Å². The Kier molecular flexibility index (Phi) is 4.81. The molecule has 0 aromatic carbocycles. The first-order valence-corrected chi connectivity index (χ1v) is 13.7. The summed E-state index contributed by atoms with van der Waals surface area (Å²) in [5.74, 6) is 6.39. The Labute approximate surface area is 189 Å². The molecule has 2 heterocycles. The van der Waals surface area contributed by atoms with E-state index >= 15 is 0 Å². The van der Waals surface area contributed by atoms with Crippen molar-refractivity contribution in [3.05, 3.63) is 0 Å². The molecule has 0 aromatic rings. The van der Waals surface area contributed by atoms with Crippen LogP contribution in [0.1, 0.15) is 85.5 Å². The van der Waals surface area contributed by atoms with Crippen molar-refractivity contribution in [2.75, 3.05) is 13.1 Å². The molecule has 2 saturated heterocycles. The summed E-state index contributed by atoms with van der Waals surface area (Å²) in [5, 5.41) is 11.8. The van der Waals surface area contributed by atoms with Gasteiger partial charge in [0.1, 0.15) is 5.78 Å². The smallest absolute Gasteiger partial charge is 0.136 e. The summed E-state index contributed by atoms with van der Waals surface area (Å²) < 4.78 is 0. The molecule has 12 atom stereocenters. The highest BCUT2D eigenvalue weighted by Gasteiger charge is 2.64. The topological polar surface area (TPSA) is 40.5 Å². The second-order valence-electron chi connectivity index (χ2n) is 13.7. The van der Waals surface area contributed by atoms with Gasteiger partial charge in [-0.1, -0.05) is 27.2 Å². The fourth-order valence-corrected chi connectivity index (χ4v) is 10.6. The van der Waals surface area contributed by atoms with Crippen LogP contribution in [-0.2, 0) is 4.79 Å². The third kappa shape index (κ3) is 2.94. The number of carbonyl (C=O) groups excluding carboxylic acids is 1. The molecule has 6 rings (SSSR count).